The largest absolute Gasteiger partial charge is 0.338 e. The van der Waals surface area contributed by atoms with E-state index in [0.29, 0.717) is 31.2 Å². The zero-order chi connectivity index (χ0) is 22.1. The van der Waals surface area contributed by atoms with Gasteiger partial charge in [0.15, 0.2) is 0 Å². The molecule has 0 spiro atoms. The molecule has 2 rings (SSSR count). The smallest absolute Gasteiger partial charge is 0.244 e. The van der Waals surface area contributed by atoms with E-state index in [4.69, 9.17) is 0 Å². The number of pyridine rings is 1. The molecule has 1 aromatic heterocycles. The second-order valence-electron chi connectivity index (χ2n) is 7.01. The minimum absolute atomic E-state index is 0.0454. The molecule has 0 fully saturated rings. The lowest BCUT2D eigenvalue weighted by atomic mass is 10.1. The molecule has 8 heteroatoms. The molecule has 0 atom stereocenters. The van der Waals surface area contributed by atoms with Crippen molar-refractivity contribution in [1.29, 1.82) is 0 Å². The van der Waals surface area contributed by atoms with Crippen molar-refractivity contribution in [2.45, 2.75) is 50.6 Å². The van der Waals surface area contributed by atoms with Crippen LogP contribution in [0.2, 0.25) is 0 Å². The highest BCUT2D eigenvalue weighted by molar-refractivity contribution is 7.99. The van der Waals surface area contributed by atoms with E-state index in [1.807, 2.05) is 25.7 Å². The summed E-state index contributed by atoms with van der Waals surface area (Å²) in [6, 6.07) is 11.4. The molecule has 6 nitrogen and oxygen atoms in total. The standard InChI is InChI=1S/C22H31N3O3S2/c1-5-14-24(16-19-10-8-18(4)9-11-19)22(26)17-29-21-13-12-20(15-23-21)30(27,28)25(6-2)7-3/h8-13,15H,5-7,14,16-17H2,1-4H3. The lowest BCUT2D eigenvalue weighted by Crippen LogP contribution is -2.32. The summed E-state index contributed by atoms with van der Waals surface area (Å²) in [4.78, 5) is 19.0. The van der Waals surface area contributed by atoms with Crippen LogP contribution >= 0.6 is 11.8 Å². The van der Waals surface area contributed by atoms with Crippen LogP contribution in [0.5, 0.6) is 0 Å². The lowest BCUT2D eigenvalue weighted by Gasteiger charge is -2.22. The third-order valence-electron chi connectivity index (χ3n) is 4.74. The number of sulfonamides is 1. The van der Waals surface area contributed by atoms with Gasteiger partial charge in [-0.05, 0) is 31.0 Å². The number of carbonyl (C=O) groups is 1. The molecule has 2 aromatic rings. The van der Waals surface area contributed by atoms with Crippen LogP contribution in [0.4, 0.5) is 0 Å². The normalized spacial score (nSPS) is 11.6. The molecule has 1 aromatic carbocycles. The molecule has 0 saturated carbocycles. The molecule has 0 unspecified atom stereocenters. The lowest BCUT2D eigenvalue weighted by molar-refractivity contribution is -0.129. The summed E-state index contributed by atoms with van der Waals surface area (Å²) in [6.07, 6.45) is 2.26. The molecule has 0 saturated heterocycles. The van der Waals surface area contributed by atoms with E-state index in [9.17, 15) is 13.2 Å². The van der Waals surface area contributed by atoms with Gasteiger partial charge in [0.2, 0.25) is 15.9 Å². The van der Waals surface area contributed by atoms with Crippen LogP contribution in [-0.2, 0) is 21.4 Å². The van der Waals surface area contributed by atoms with Gasteiger partial charge < -0.3 is 4.90 Å². The maximum atomic E-state index is 12.7. The van der Waals surface area contributed by atoms with Crippen LogP contribution in [-0.4, -0.2) is 53.9 Å². The summed E-state index contributed by atoms with van der Waals surface area (Å²) >= 11 is 1.32. The molecular formula is C22H31N3O3S2. The second kappa shape index (κ2) is 11.5. The fourth-order valence-corrected chi connectivity index (χ4v) is 5.17. The van der Waals surface area contributed by atoms with Gasteiger partial charge in [-0.25, -0.2) is 13.4 Å². The quantitative estimate of drug-likeness (QED) is 0.486. The number of benzene rings is 1. The minimum Gasteiger partial charge on any atom is -0.338 e. The van der Waals surface area contributed by atoms with Gasteiger partial charge in [0.25, 0.3) is 0 Å². The Hall–Kier alpha value is -1.90. The van der Waals surface area contributed by atoms with Crippen molar-refractivity contribution in [1.82, 2.24) is 14.2 Å². The van der Waals surface area contributed by atoms with Crippen molar-refractivity contribution < 1.29 is 13.2 Å². The fraction of sp³-hybridized carbons (Fsp3) is 0.455. The summed E-state index contributed by atoms with van der Waals surface area (Å²) in [5.41, 5.74) is 2.30. The summed E-state index contributed by atoms with van der Waals surface area (Å²) in [7, 11) is -3.52. The van der Waals surface area contributed by atoms with Crippen LogP contribution in [0.1, 0.15) is 38.3 Å². The maximum absolute atomic E-state index is 12.7. The summed E-state index contributed by atoms with van der Waals surface area (Å²) < 4.78 is 26.5. The zero-order valence-electron chi connectivity index (χ0n) is 18.2. The van der Waals surface area contributed by atoms with Crippen LogP contribution in [0.3, 0.4) is 0 Å². The monoisotopic (exact) mass is 449 g/mol. The van der Waals surface area contributed by atoms with Crippen molar-refractivity contribution in [3.63, 3.8) is 0 Å². The van der Waals surface area contributed by atoms with E-state index in [1.165, 1.54) is 27.8 Å². The van der Waals surface area contributed by atoms with E-state index < -0.39 is 10.0 Å². The molecule has 1 heterocycles. The topological polar surface area (TPSA) is 70.6 Å². The number of aryl methyl sites for hydroxylation is 1. The van der Waals surface area contributed by atoms with Crippen LogP contribution in [0, 0.1) is 6.92 Å². The zero-order valence-corrected chi connectivity index (χ0v) is 19.8. The average Bonchev–Trinajstić information content (AvgIpc) is 2.74. The second-order valence-corrected chi connectivity index (χ2v) is 9.94. The number of hydrogen-bond acceptors (Lipinski definition) is 5. The molecule has 0 bridgehead atoms. The fourth-order valence-electron chi connectivity index (χ4n) is 3.02. The average molecular weight is 450 g/mol. The van der Waals surface area contributed by atoms with Gasteiger partial charge in [0.05, 0.1) is 10.8 Å². The number of carbonyl (C=O) groups excluding carboxylic acids is 1. The highest BCUT2D eigenvalue weighted by atomic mass is 32.2. The predicted molar refractivity (Wildman–Crippen MR) is 122 cm³/mol. The van der Waals surface area contributed by atoms with Gasteiger partial charge in [-0.1, -0.05) is 62.4 Å². The van der Waals surface area contributed by atoms with E-state index in [0.717, 1.165) is 12.0 Å². The molecule has 30 heavy (non-hydrogen) atoms. The Bertz CT molecular complexity index is 910. The number of hydrogen-bond donors (Lipinski definition) is 0. The molecule has 0 radical (unpaired) electrons. The third-order valence-corrected chi connectivity index (χ3v) is 7.70. The Morgan fingerprint density at radius 3 is 2.23 bits per heavy atom. The van der Waals surface area contributed by atoms with Crippen molar-refractivity contribution in [3.8, 4) is 0 Å². The molecule has 1 amide bonds. The summed E-state index contributed by atoms with van der Waals surface area (Å²) in [5, 5.41) is 0.633. The van der Waals surface area contributed by atoms with Gasteiger partial charge in [0.1, 0.15) is 4.90 Å². The molecule has 0 aliphatic carbocycles. The molecular weight excluding hydrogens is 418 g/mol. The Morgan fingerprint density at radius 1 is 1.03 bits per heavy atom. The Morgan fingerprint density at radius 2 is 1.70 bits per heavy atom. The van der Waals surface area contributed by atoms with Crippen LogP contribution in [0.25, 0.3) is 0 Å². The molecule has 0 N–H and O–H groups in total. The van der Waals surface area contributed by atoms with Crippen molar-refractivity contribution in [3.05, 3.63) is 53.7 Å². The summed E-state index contributed by atoms with van der Waals surface area (Å²) in [6.45, 7) is 9.83. The van der Waals surface area contributed by atoms with E-state index >= 15 is 0 Å². The Labute approximate surface area is 184 Å². The highest BCUT2D eigenvalue weighted by Crippen LogP contribution is 2.20. The molecule has 0 aliphatic rings. The van der Waals surface area contributed by atoms with E-state index in [1.54, 1.807) is 12.1 Å². The SMILES string of the molecule is CCCN(Cc1ccc(C)cc1)C(=O)CSc1ccc(S(=O)(=O)N(CC)CC)cn1. The number of nitrogens with zero attached hydrogens (tertiary/aromatic N) is 3. The van der Waals surface area contributed by atoms with Crippen LogP contribution in [0.15, 0.2) is 52.5 Å². The summed E-state index contributed by atoms with van der Waals surface area (Å²) in [5.74, 6) is 0.310. The molecule has 164 valence electrons. The first-order chi connectivity index (χ1) is 14.3. The van der Waals surface area contributed by atoms with Crippen LogP contribution < -0.4 is 0 Å². The number of amides is 1. The number of rotatable bonds is 11. The third kappa shape index (κ3) is 6.55. The Balaban J connectivity index is 2.00. The van der Waals surface area contributed by atoms with E-state index in [-0.39, 0.29) is 16.6 Å². The van der Waals surface area contributed by atoms with Gasteiger partial charge in [0, 0.05) is 32.4 Å². The minimum atomic E-state index is -3.52. The maximum Gasteiger partial charge on any atom is 0.244 e. The first kappa shape index (κ1) is 24.4. The van der Waals surface area contributed by atoms with Gasteiger partial charge in [-0.2, -0.15) is 4.31 Å². The van der Waals surface area contributed by atoms with Crippen molar-refractivity contribution in [2.75, 3.05) is 25.4 Å². The first-order valence-electron chi connectivity index (χ1n) is 10.2. The first-order valence-corrected chi connectivity index (χ1v) is 12.7. The number of thioether (sulfide) groups is 1. The van der Waals surface area contributed by atoms with Crippen molar-refractivity contribution >= 4 is 27.7 Å². The van der Waals surface area contributed by atoms with E-state index in [2.05, 4.69) is 36.2 Å². The van der Waals surface area contributed by atoms with Gasteiger partial charge >= 0.3 is 0 Å². The highest BCUT2D eigenvalue weighted by Gasteiger charge is 2.22. The predicted octanol–water partition coefficient (Wildman–Crippen LogP) is 3.95. The molecule has 0 aliphatic heterocycles. The number of aromatic nitrogens is 1. The van der Waals surface area contributed by atoms with Crippen molar-refractivity contribution in [2.24, 2.45) is 0 Å². The van der Waals surface area contributed by atoms with Gasteiger partial charge in [-0.3, -0.25) is 4.79 Å². The van der Waals surface area contributed by atoms with Gasteiger partial charge in [-0.15, -0.1) is 0 Å². The Kier molecular flexibility index (Phi) is 9.33.